The highest BCUT2D eigenvalue weighted by Gasteiger charge is 2.27. The molecule has 150 valence electrons. The van der Waals surface area contributed by atoms with Gasteiger partial charge >= 0.3 is 5.97 Å². The number of aromatic carboxylic acids is 1. The number of nitrogens with zero attached hydrogens (tertiary/aromatic N) is 2. The molecule has 2 N–H and O–H groups in total. The highest BCUT2D eigenvalue weighted by Crippen LogP contribution is 2.45. The standard InChI is InChI=1S/C22H22ClN3O2S/c23-18-12-20(26-8-2-1-3-9-26)19(10-16(18)13-24)25-29-21-11-15(22(27)28)6-7-17(21)14-4-5-14/h6-7,10-12,14,25H,1-5,8-9H2,(H,27,28). The van der Waals surface area contributed by atoms with E-state index in [0.29, 0.717) is 16.5 Å². The number of anilines is 2. The van der Waals surface area contributed by atoms with Crippen LogP contribution in [0.4, 0.5) is 11.4 Å². The number of rotatable bonds is 6. The maximum absolute atomic E-state index is 11.4. The first kappa shape index (κ1) is 19.9. The third kappa shape index (κ3) is 4.47. The van der Waals surface area contributed by atoms with E-state index in [1.807, 2.05) is 12.1 Å². The van der Waals surface area contributed by atoms with Gasteiger partial charge in [0.1, 0.15) is 6.07 Å². The molecule has 0 amide bonds. The Morgan fingerprint density at radius 2 is 1.97 bits per heavy atom. The summed E-state index contributed by atoms with van der Waals surface area (Å²) in [6.45, 7) is 1.92. The van der Waals surface area contributed by atoms with Gasteiger partial charge in [0.2, 0.25) is 0 Å². The lowest BCUT2D eigenvalue weighted by Crippen LogP contribution is -2.29. The Labute approximate surface area is 179 Å². The molecule has 1 saturated carbocycles. The van der Waals surface area contributed by atoms with Gasteiger partial charge in [-0.2, -0.15) is 5.26 Å². The van der Waals surface area contributed by atoms with E-state index in [1.165, 1.54) is 23.9 Å². The summed E-state index contributed by atoms with van der Waals surface area (Å²) in [7, 11) is 0. The molecule has 0 radical (unpaired) electrons. The topological polar surface area (TPSA) is 76.4 Å². The van der Waals surface area contributed by atoms with Gasteiger partial charge in [-0.05, 0) is 79.8 Å². The highest BCUT2D eigenvalue weighted by atomic mass is 35.5. The molecule has 0 bridgehead atoms. The average Bonchev–Trinajstić information content (AvgIpc) is 3.58. The van der Waals surface area contributed by atoms with Crippen molar-refractivity contribution in [3.63, 3.8) is 0 Å². The second-order valence-electron chi connectivity index (χ2n) is 7.54. The van der Waals surface area contributed by atoms with E-state index >= 15 is 0 Å². The van der Waals surface area contributed by atoms with Crippen molar-refractivity contribution in [2.75, 3.05) is 22.7 Å². The van der Waals surface area contributed by atoms with Crippen molar-refractivity contribution >= 4 is 40.9 Å². The molecule has 0 unspecified atom stereocenters. The maximum atomic E-state index is 11.4. The fourth-order valence-electron chi connectivity index (χ4n) is 3.72. The molecule has 2 aliphatic rings. The second-order valence-corrected chi connectivity index (χ2v) is 8.80. The zero-order chi connectivity index (χ0) is 20.4. The van der Waals surface area contributed by atoms with Crippen LogP contribution in [0.15, 0.2) is 35.2 Å². The van der Waals surface area contributed by atoms with Crippen LogP contribution < -0.4 is 9.62 Å². The van der Waals surface area contributed by atoms with E-state index in [1.54, 1.807) is 18.2 Å². The molecule has 0 atom stereocenters. The summed E-state index contributed by atoms with van der Waals surface area (Å²) in [6, 6.07) is 11.1. The minimum Gasteiger partial charge on any atom is -0.478 e. The number of carbonyl (C=O) groups is 1. The Kier molecular flexibility index (Phi) is 5.89. The summed E-state index contributed by atoms with van der Waals surface area (Å²) >= 11 is 7.73. The van der Waals surface area contributed by atoms with E-state index < -0.39 is 5.97 Å². The average molecular weight is 428 g/mol. The first-order valence-electron chi connectivity index (χ1n) is 9.85. The molecule has 2 aromatic carbocycles. The summed E-state index contributed by atoms with van der Waals surface area (Å²) < 4.78 is 3.39. The van der Waals surface area contributed by atoms with Crippen LogP contribution in [-0.4, -0.2) is 24.2 Å². The molecule has 0 spiro atoms. The van der Waals surface area contributed by atoms with Crippen molar-refractivity contribution in [3.05, 3.63) is 52.0 Å². The molecule has 1 heterocycles. The molecule has 4 rings (SSSR count). The van der Waals surface area contributed by atoms with Crippen LogP contribution in [0.3, 0.4) is 0 Å². The second kappa shape index (κ2) is 8.56. The number of benzene rings is 2. The highest BCUT2D eigenvalue weighted by molar-refractivity contribution is 8.00. The van der Waals surface area contributed by atoms with Crippen LogP contribution in [0.2, 0.25) is 5.02 Å². The molecule has 7 heteroatoms. The summed E-state index contributed by atoms with van der Waals surface area (Å²) in [5.74, 6) is -0.426. The van der Waals surface area contributed by atoms with Gasteiger partial charge in [0.15, 0.2) is 0 Å². The van der Waals surface area contributed by atoms with Crippen molar-refractivity contribution in [1.29, 1.82) is 5.26 Å². The van der Waals surface area contributed by atoms with Crippen molar-refractivity contribution < 1.29 is 9.90 Å². The van der Waals surface area contributed by atoms with Crippen LogP contribution in [0.25, 0.3) is 0 Å². The zero-order valence-corrected chi connectivity index (χ0v) is 17.5. The zero-order valence-electron chi connectivity index (χ0n) is 15.9. The van der Waals surface area contributed by atoms with E-state index in [-0.39, 0.29) is 5.56 Å². The number of nitrogens with one attached hydrogen (secondary N) is 1. The molecule has 2 fully saturated rings. The monoisotopic (exact) mass is 427 g/mol. The van der Waals surface area contributed by atoms with E-state index in [0.717, 1.165) is 55.0 Å². The van der Waals surface area contributed by atoms with Crippen molar-refractivity contribution in [2.24, 2.45) is 0 Å². The predicted molar refractivity (Wildman–Crippen MR) is 117 cm³/mol. The van der Waals surface area contributed by atoms with Gasteiger partial charge in [-0.3, -0.25) is 0 Å². The summed E-state index contributed by atoms with van der Waals surface area (Å²) in [4.78, 5) is 14.6. The van der Waals surface area contributed by atoms with Gasteiger partial charge < -0.3 is 14.7 Å². The molecule has 1 saturated heterocycles. The van der Waals surface area contributed by atoms with Gasteiger partial charge in [-0.15, -0.1) is 0 Å². The minimum absolute atomic E-state index is 0.281. The quantitative estimate of drug-likeness (QED) is 0.559. The van der Waals surface area contributed by atoms with Gasteiger partial charge in [0.05, 0.1) is 27.5 Å². The van der Waals surface area contributed by atoms with Crippen LogP contribution in [0, 0.1) is 11.3 Å². The number of carboxylic acid groups (broad SMARTS) is 1. The molecule has 29 heavy (non-hydrogen) atoms. The number of halogens is 1. The summed E-state index contributed by atoms with van der Waals surface area (Å²) in [5.41, 5.74) is 3.71. The lowest BCUT2D eigenvalue weighted by Gasteiger charge is -2.31. The van der Waals surface area contributed by atoms with E-state index in [2.05, 4.69) is 15.7 Å². The third-order valence-electron chi connectivity index (χ3n) is 5.45. The van der Waals surface area contributed by atoms with Gasteiger partial charge in [0.25, 0.3) is 0 Å². The van der Waals surface area contributed by atoms with E-state index in [4.69, 9.17) is 11.6 Å². The molecule has 2 aromatic rings. The van der Waals surface area contributed by atoms with Crippen LogP contribution in [0.1, 0.15) is 59.5 Å². The molecular formula is C22H22ClN3O2S. The fourth-order valence-corrected chi connectivity index (χ4v) is 4.85. The molecule has 5 nitrogen and oxygen atoms in total. The number of carboxylic acids is 1. The Morgan fingerprint density at radius 3 is 2.62 bits per heavy atom. The molecule has 0 aromatic heterocycles. The van der Waals surface area contributed by atoms with Gasteiger partial charge in [0, 0.05) is 18.0 Å². The fraction of sp³-hybridized carbons (Fsp3) is 0.364. The van der Waals surface area contributed by atoms with Crippen molar-refractivity contribution in [2.45, 2.75) is 42.9 Å². The lowest BCUT2D eigenvalue weighted by molar-refractivity contribution is 0.0696. The van der Waals surface area contributed by atoms with Crippen molar-refractivity contribution in [1.82, 2.24) is 0 Å². The number of hydrogen-bond acceptors (Lipinski definition) is 5. The Morgan fingerprint density at radius 1 is 1.21 bits per heavy atom. The van der Waals surface area contributed by atoms with Gasteiger partial charge in [-0.1, -0.05) is 17.7 Å². The number of piperidine rings is 1. The van der Waals surface area contributed by atoms with Crippen LogP contribution in [0.5, 0.6) is 0 Å². The van der Waals surface area contributed by atoms with E-state index in [9.17, 15) is 15.2 Å². The smallest absolute Gasteiger partial charge is 0.335 e. The number of nitriles is 1. The predicted octanol–water partition coefficient (Wildman–Crippen LogP) is 5.90. The summed E-state index contributed by atoms with van der Waals surface area (Å²) in [6.07, 6.45) is 5.77. The maximum Gasteiger partial charge on any atom is 0.335 e. The summed E-state index contributed by atoms with van der Waals surface area (Å²) in [5, 5.41) is 19.2. The third-order valence-corrected chi connectivity index (χ3v) is 6.66. The first-order valence-corrected chi connectivity index (χ1v) is 11.0. The van der Waals surface area contributed by atoms with Gasteiger partial charge in [-0.25, -0.2) is 4.79 Å². The lowest BCUT2D eigenvalue weighted by atomic mass is 10.1. The first-order chi connectivity index (χ1) is 14.1. The minimum atomic E-state index is -0.929. The Hall–Kier alpha value is -2.36. The van der Waals surface area contributed by atoms with Crippen LogP contribution >= 0.6 is 23.5 Å². The largest absolute Gasteiger partial charge is 0.478 e. The normalized spacial score (nSPS) is 16.3. The van der Waals surface area contributed by atoms with Crippen molar-refractivity contribution in [3.8, 4) is 6.07 Å². The Balaban J connectivity index is 1.65. The number of hydrogen-bond donors (Lipinski definition) is 2. The SMILES string of the molecule is N#Cc1cc(NSc2cc(C(=O)O)ccc2C2CC2)c(N2CCCCC2)cc1Cl. The molecule has 1 aliphatic carbocycles. The Bertz CT molecular complexity index is 979. The van der Waals surface area contributed by atoms with Crippen LogP contribution in [-0.2, 0) is 0 Å². The molecule has 1 aliphatic heterocycles. The molecular weight excluding hydrogens is 406 g/mol.